The lowest BCUT2D eigenvalue weighted by molar-refractivity contribution is -0.0869. The van der Waals surface area contributed by atoms with Crippen LogP contribution in [0.3, 0.4) is 0 Å². The van der Waals surface area contributed by atoms with E-state index in [9.17, 15) is 0 Å². The summed E-state index contributed by atoms with van der Waals surface area (Å²) in [6.07, 6.45) is 5.21. The quantitative estimate of drug-likeness (QED) is 0.858. The van der Waals surface area contributed by atoms with Crippen LogP contribution in [0.15, 0.2) is 18.2 Å². The maximum atomic E-state index is 5.60. The average molecular weight is 243 g/mol. The Morgan fingerprint density at radius 1 is 1.17 bits per heavy atom. The average Bonchev–Trinajstić information content (AvgIpc) is 2.96. The van der Waals surface area contributed by atoms with Crippen LogP contribution in [0.4, 0.5) is 0 Å². The van der Waals surface area contributed by atoms with Gasteiger partial charge in [0.1, 0.15) is 0 Å². The summed E-state index contributed by atoms with van der Waals surface area (Å²) in [7, 11) is 0. The van der Waals surface area contributed by atoms with Gasteiger partial charge in [0.05, 0.1) is 13.2 Å². The summed E-state index contributed by atoms with van der Waals surface area (Å²) in [5.74, 6) is 0.769. The highest BCUT2D eigenvalue weighted by Gasteiger charge is 2.47. The summed E-state index contributed by atoms with van der Waals surface area (Å²) in [4.78, 5) is 0. The number of nitrogens with one attached hydrogen (secondary N) is 1. The van der Waals surface area contributed by atoms with Crippen molar-refractivity contribution in [3.63, 3.8) is 0 Å². The first-order chi connectivity index (χ1) is 8.88. The molecule has 2 aliphatic heterocycles. The van der Waals surface area contributed by atoms with Crippen molar-refractivity contribution in [3.8, 4) is 0 Å². The number of ether oxygens (including phenoxy) is 1. The molecule has 0 bridgehead atoms. The van der Waals surface area contributed by atoms with Crippen molar-refractivity contribution < 1.29 is 4.74 Å². The number of rotatable bonds is 2. The summed E-state index contributed by atoms with van der Waals surface area (Å²) in [6.45, 7) is 4.20. The predicted octanol–water partition coefficient (Wildman–Crippen LogP) is 2.05. The minimum absolute atomic E-state index is 0.321. The van der Waals surface area contributed by atoms with E-state index in [2.05, 4.69) is 23.5 Å². The Morgan fingerprint density at radius 3 is 2.78 bits per heavy atom. The third-order valence-electron chi connectivity index (χ3n) is 5.23. The SMILES string of the molecule is c1cc2c(cc1C1(C3CCNC3)COC1)CCC2. The van der Waals surface area contributed by atoms with Crippen molar-refractivity contribution >= 4 is 0 Å². The van der Waals surface area contributed by atoms with Crippen LogP contribution < -0.4 is 5.32 Å². The van der Waals surface area contributed by atoms with Crippen molar-refractivity contribution in [1.29, 1.82) is 0 Å². The topological polar surface area (TPSA) is 21.3 Å². The van der Waals surface area contributed by atoms with Gasteiger partial charge < -0.3 is 10.1 Å². The Hall–Kier alpha value is -0.860. The van der Waals surface area contributed by atoms with Gasteiger partial charge in [-0.3, -0.25) is 0 Å². The molecule has 2 heterocycles. The van der Waals surface area contributed by atoms with Crippen LogP contribution in [-0.2, 0) is 23.0 Å². The van der Waals surface area contributed by atoms with Gasteiger partial charge in [0.25, 0.3) is 0 Å². The molecule has 1 unspecified atom stereocenters. The molecule has 0 radical (unpaired) electrons. The largest absolute Gasteiger partial charge is 0.379 e. The van der Waals surface area contributed by atoms with Gasteiger partial charge in [-0.05, 0) is 61.4 Å². The van der Waals surface area contributed by atoms with Gasteiger partial charge in [0.2, 0.25) is 0 Å². The van der Waals surface area contributed by atoms with Gasteiger partial charge in [-0.1, -0.05) is 18.2 Å². The van der Waals surface area contributed by atoms with Crippen molar-refractivity contribution in [2.45, 2.75) is 31.1 Å². The highest BCUT2D eigenvalue weighted by Crippen LogP contribution is 2.43. The Morgan fingerprint density at radius 2 is 2.06 bits per heavy atom. The van der Waals surface area contributed by atoms with Crippen molar-refractivity contribution in [2.24, 2.45) is 5.92 Å². The van der Waals surface area contributed by atoms with Gasteiger partial charge in [-0.15, -0.1) is 0 Å². The van der Waals surface area contributed by atoms with E-state index in [-0.39, 0.29) is 0 Å². The second-order valence-electron chi connectivity index (χ2n) is 6.18. The highest BCUT2D eigenvalue weighted by molar-refractivity contribution is 5.40. The lowest BCUT2D eigenvalue weighted by Crippen LogP contribution is -2.53. The molecule has 0 spiro atoms. The molecule has 1 N–H and O–H groups in total. The van der Waals surface area contributed by atoms with E-state index in [1.54, 1.807) is 16.7 Å². The van der Waals surface area contributed by atoms with E-state index < -0.39 is 0 Å². The van der Waals surface area contributed by atoms with Crippen molar-refractivity contribution in [1.82, 2.24) is 5.32 Å². The molecule has 2 saturated heterocycles. The second-order valence-corrected chi connectivity index (χ2v) is 6.18. The lowest BCUT2D eigenvalue weighted by atomic mass is 9.68. The van der Waals surface area contributed by atoms with Crippen LogP contribution >= 0.6 is 0 Å². The predicted molar refractivity (Wildman–Crippen MR) is 71.9 cm³/mol. The number of hydrogen-bond donors (Lipinski definition) is 1. The van der Waals surface area contributed by atoms with E-state index in [0.717, 1.165) is 19.1 Å². The highest BCUT2D eigenvalue weighted by atomic mass is 16.5. The smallest absolute Gasteiger partial charge is 0.0588 e. The van der Waals surface area contributed by atoms with Gasteiger partial charge >= 0.3 is 0 Å². The minimum Gasteiger partial charge on any atom is -0.379 e. The zero-order valence-electron chi connectivity index (χ0n) is 10.9. The van der Waals surface area contributed by atoms with E-state index in [0.29, 0.717) is 5.41 Å². The Kier molecular flexibility index (Phi) is 2.49. The maximum absolute atomic E-state index is 5.60. The zero-order chi connectivity index (χ0) is 12.0. The van der Waals surface area contributed by atoms with Crippen LogP contribution in [0.2, 0.25) is 0 Å². The molecular weight excluding hydrogens is 222 g/mol. The number of fused-ring (bicyclic) bond motifs is 1. The van der Waals surface area contributed by atoms with E-state index in [1.165, 1.54) is 38.8 Å². The van der Waals surface area contributed by atoms with Gasteiger partial charge in [-0.2, -0.15) is 0 Å². The molecule has 2 fully saturated rings. The fraction of sp³-hybridized carbons (Fsp3) is 0.625. The molecule has 0 aromatic heterocycles. The third-order valence-corrected chi connectivity index (χ3v) is 5.23. The fourth-order valence-electron chi connectivity index (χ4n) is 3.97. The number of benzene rings is 1. The monoisotopic (exact) mass is 243 g/mol. The molecule has 1 aliphatic carbocycles. The Balaban J connectivity index is 1.71. The molecule has 1 atom stereocenters. The summed E-state index contributed by atoms with van der Waals surface area (Å²) < 4.78 is 5.60. The van der Waals surface area contributed by atoms with Gasteiger partial charge in [-0.25, -0.2) is 0 Å². The van der Waals surface area contributed by atoms with E-state index >= 15 is 0 Å². The van der Waals surface area contributed by atoms with Crippen LogP contribution in [0, 0.1) is 5.92 Å². The van der Waals surface area contributed by atoms with Crippen LogP contribution in [-0.4, -0.2) is 26.3 Å². The second kappa shape index (κ2) is 4.07. The fourth-order valence-corrected chi connectivity index (χ4v) is 3.97. The summed E-state index contributed by atoms with van der Waals surface area (Å²) in [6, 6.07) is 7.24. The molecule has 0 amide bonds. The zero-order valence-corrected chi connectivity index (χ0v) is 10.9. The molecule has 1 aromatic rings. The molecule has 2 heteroatoms. The molecule has 96 valence electrons. The van der Waals surface area contributed by atoms with Crippen molar-refractivity contribution in [2.75, 3.05) is 26.3 Å². The van der Waals surface area contributed by atoms with E-state index in [4.69, 9.17) is 4.74 Å². The van der Waals surface area contributed by atoms with Crippen molar-refractivity contribution in [3.05, 3.63) is 34.9 Å². The standard InChI is InChI=1S/C16H21NO/c1-2-12-4-5-14(8-13(12)3-1)16(10-18-11-16)15-6-7-17-9-15/h4-5,8,15,17H,1-3,6-7,9-11H2. The first-order valence-electron chi connectivity index (χ1n) is 7.29. The molecule has 3 aliphatic rings. The normalized spacial score (nSPS) is 29.0. The van der Waals surface area contributed by atoms with Crippen LogP contribution in [0.1, 0.15) is 29.5 Å². The molecule has 4 rings (SSSR count). The van der Waals surface area contributed by atoms with Gasteiger partial charge in [0.15, 0.2) is 0 Å². The molecule has 1 aromatic carbocycles. The van der Waals surface area contributed by atoms with Crippen LogP contribution in [0.5, 0.6) is 0 Å². The molecule has 2 nitrogen and oxygen atoms in total. The number of hydrogen-bond acceptors (Lipinski definition) is 2. The molecular formula is C16H21NO. The Labute approximate surface area is 109 Å². The Bertz CT molecular complexity index is 458. The summed E-state index contributed by atoms with van der Waals surface area (Å²) in [5, 5.41) is 3.51. The lowest BCUT2D eigenvalue weighted by Gasteiger charge is -2.46. The number of aryl methyl sites for hydroxylation is 2. The summed E-state index contributed by atoms with van der Waals surface area (Å²) in [5.41, 5.74) is 5.05. The maximum Gasteiger partial charge on any atom is 0.0588 e. The first kappa shape index (κ1) is 11.0. The first-order valence-corrected chi connectivity index (χ1v) is 7.29. The van der Waals surface area contributed by atoms with E-state index in [1.807, 2.05) is 0 Å². The summed E-state index contributed by atoms with van der Waals surface area (Å²) >= 11 is 0. The molecule has 18 heavy (non-hydrogen) atoms. The minimum atomic E-state index is 0.321. The molecule has 0 saturated carbocycles. The van der Waals surface area contributed by atoms with Crippen LogP contribution in [0.25, 0.3) is 0 Å². The third kappa shape index (κ3) is 1.49. The van der Waals surface area contributed by atoms with Gasteiger partial charge in [0, 0.05) is 5.41 Å².